The van der Waals surface area contributed by atoms with E-state index in [2.05, 4.69) is 30.1 Å². The van der Waals surface area contributed by atoms with Crippen molar-refractivity contribution in [3.63, 3.8) is 0 Å². The van der Waals surface area contributed by atoms with Crippen LogP contribution in [0.5, 0.6) is 0 Å². The lowest BCUT2D eigenvalue weighted by atomic mass is 10.1. The van der Waals surface area contributed by atoms with Crippen LogP contribution in [0.2, 0.25) is 0 Å². The van der Waals surface area contributed by atoms with E-state index in [4.69, 9.17) is 0 Å². The van der Waals surface area contributed by atoms with Gasteiger partial charge in [0.2, 0.25) is 11.8 Å². The van der Waals surface area contributed by atoms with Crippen LogP contribution >= 0.6 is 0 Å². The highest BCUT2D eigenvalue weighted by Gasteiger charge is 2.17. The van der Waals surface area contributed by atoms with Gasteiger partial charge in [-0.2, -0.15) is 0 Å². The highest BCUT2D eigenvalue weighted by Crippen LogP contribution is 2.23. The van der Waals surface area contributed by atoms with Crippen LogP contribution < -0.4 is 10.2 Å². The van der Waals surface area contributed by atoms with Gasteiger partial charge >= 0.3 is 0 Å². The third kappa shape index (κ3) is 5.84. The van der Waals surface area contributed by atoms with Crippen LogP contribution in [0, 0.1) is 6.92 Å². The first-order valence-electron chi connectivity index (χ1n) is 9.95. The van der Waals surface area contributed by atoms with E-state index in [1.165, 1.54) is 0 Å². The molecule has 28 heavy (non-hydrogen) atoms. The molecule has 0 aliphatic heterocycles. The Morgan fingerprint density at radius 1 is 0.929 bits per heavy atom. The van der Waals surface area contributed by atoms with E-state index in [0.717, 1.165) is 35.6 Å². The van der Waals surface area contributed by atoms with E-state index < -0.39 is 0 Å². The topological polar surface area (TPSA) is 52.7 Å². The Hall–Kier alpha value is -2.82. The van der Waals surface area contributed by atoms with Crippen LogP contribution in [0.15, 0.2) is 48.5 Å². The number of nitrogens with zero attached hydrogens (tertiary/aromatic N) is 2. The molecule has 2 rings (SSSR count). The van der Waals surface area contributed by atoms with Crippen molar-refractivity contribution in [2.45, 2.75) is 40.7 Å². The van der Waals surface area contributed by atoms with Gasteiger partial charge in [-0.1, -0.05) is 30.3 Å². The molecule has 0 unspecified atom stereocenters. The third-order valence-corrected chi connectivity index (χ3v) is 4.88. The van der Waals surface area contributed by atoms with Crippen LogP contribution in [-0.4, -0.2) is 36.3 Å². The fourth-order valence-corrected chi connectivity index (χ4v) is 3.20. The van der Waals surface area contributed by atoms with Crippen molar-refractivity contribution in [1.29, 1.82) is 0 Å². The van der Waals surface area contributed by atoms with Gasteiger partial charge < -0.3 is 15.1 Å². The Balaban J connectivity index is 1.97. The molecule has 0 fully saturated rings. The van der Waals surface area contributed by atoms with Crippen molar-refractivity contribution in [3.8, 4) is 0 Å². The van der Waals surface area contributed by atoms with Crippen LogP contribution in [0.1, 0.15) is 38.3 Å². The molecule has 2 aromatic rings. The average molecular weight is 382 g/mol. The van der Waals surface area contributed by atoms with Crippen LogP contribution in [-0.2, 0) is 16.1 Å². The van der Waals surface area contributed by atoms with Crippen molar-refractivity contribution in [3.05, 3.63) is 59.7 Å². The fraction of sp³-hybridized carbons (Fsp3) is 0.391. The summed E-state index contributed by atoms with van der Waals surface area (Å²) in [5.74, 6) is -0.448. The number of hydrogen-bond donors (Lipinski definition) is 1. The summed E-state index contributed by atoms with van der Waals surface area (Å²) in [6, 6.07) is 15.8. The summed E-state index contributed by atoms with van der Waals surface area (Å²) >= 11 is 0. The number of carbonyl (C=O) groups excluding carboxylic acids is 2. The van der Waals surface area contributed by atoms with Crippen molar-refractivity contribution in [2.75, 3.05) is 29.9 Å². The Labute approximate surface area is 168 Å². The predicted molar refractivity (Wildman–Crippen MR) is 116 cm³/mol. The summed E-state index contributed by atoms with van der Waals surface area (Å²) in [6.45, 7) is 11.1. The summed E-state index contributed by atoms with van der Waals surface area (Å²) in [6.07, 6.45) is -0.155. The molecule has 0 atom stereocenters. The first-order chi connectivity index (χ1) is 13.5. The zero-order valence-electron chi connectivity index (χ0n) is 17.4. The molecule has 0 heterocycles. The highest BCUT2D eigenvalue weighted by atomic mass is 16.2. The fourth-order valence-electron chi connectivity index (χ4n) is 3.20. The van der Waals surface area contributed by atoms with Gasteiger partial charge in [-0.15, -0.1) is 0 Å². The maximum Gasteiger partial charge on any atom is 0.233 e. The molecule has 0 bridgehead atoms. The molecule has 1 N–H and O–H groups in total. The van der Waals surface area contributed by atoms with Crippen LogP contribution in [0.25, 0.3) is 0 Å². The number of nitrogens with one attached hydrogen (secondary N) is 1. The summed E-state index contributed by atoms with van der Waals surface area (Å²) in [7, 11) is 0. The molecule has 0 spiro atoms. The number of aryl methyl sites for hydroxylation is 1. The molecule has 0 saturated carbocycles. The van der Waals surface area contributed by atoms with E-state index in [0.29, 0.717) is 13.1 Å². The SMILES string of the molecule is CCN(Cc1ccccc1)C(=O)CC(=O)Nc1ccc(N(CC)CC)cc1C. The minimum atomic E-state index is -0.282. The largest absolute Gasteiger partial charge is 0.372 e. The molecule has 2 aromatic carbocycles. The van der Waals surface area contributed by atoms with E-state index in [1.807, 2.05) is 56.3 Å². The highest BCUT2D eigenvalue weighted by molar-refractivity contribution is 6.03. The lowest BCUT2D eigenvalue weighted by Gasteiger charge is -2.23. The van der Waals surface area contributed by atoms with E-state index in [9.17, 15) is 9.59 Å². The Bertz CT molecular complexity index is 786. The number of hydrogen-bond acceptors (Lipinski definition) is 3. The second kappa shape index (κ2) is 10.5. The summed E-state index contributed by atoms with van der Waals surface area (Å²) < 4.78 is 0. The average Bonchev–Trinajstić information content (AvgIpc) is 2.69. The van der Waals surface area contributed by atoms with E-state index >= 15 is 0 Å². The summed E-state index contributed by atoms with van der Waals surface area (Å²) in [4.78, 5) is 28.9. The van der Waals surface area contributed by atoms with Gasteiger partial charge in [-0.25, -0.2) is 0 Å². The monoisotopic (exact) mass is 381 g/mol. The Morgan fingerprint density at radius 3 is 2.18 bits per heavy atom. The first-order valence-corrected chi connectivity index (χ1v) is 9.95. The zero-order valence-corrected chi connectivity index (χ0v) is 17.4. The van der Waals surface area contributed by atoms with Gasteiger partial charge in [-0.3, -0.25) is 9.59 Å². The number of rotatable bonds is 9. The molecular weight excluding hydrogens is 350 g/mol. The van der Waals surface area contributed by atoms with Gasteiger partial charge in [0.25, 0.3) is 0 Å². The predicted octanol–water partition coefficient (Wildman–Crippen LogP) is 4.22. The number of amides is 2. The van der Waals surface area contributed by atoms with Gasteiger partial charge in [0.05, 0.1) is 0 Å². The van der Waals surface area contributed by atoms with Crippen LogP contribution in [0.3, 0.4) is 0 Å². The first kappa shape index (κ1) is 21.5. The smallest absolute Gasteiger partial charge is 0.233 e. The molecule has 5 heteroatoms. The van der Waals surface area contributed by atoms with Crippen LogP contribution in [0.4, 0.5) is 11.4 Å². The van der Waals surface area contributed by atoms with Crippen molar-refractivity contribution >= 4 is 23.2 Å². The Kier molecular flexibility index (Phi) is 8.05. The second-order valence-corrected chi connectivity index (χ2v) is 6.79. The minimum absolute atomic E-state index is 0.155. The lowest BCUT2D eigenvalue weighted by Crippen LogP contribution is -2.33. The van der Waals surface area contributed by atoms with Gasteiger partial charge in [0, 0.05) is 37.6 Å². The maximum atomic E-state index is 12.5. The molecule has 0 radical (unpaired) electrons. The normalized spacial score (nSPS) is 10.4. The Morgan fingerprint density at radius 2 is 1.61 bits per heavy atom. The number of benzene rings is 2. The number of carbonyl (C=O) groups is 2. The molecule has 5 nitrogen and oxygen atoms in total. The lowest BCUT2D eigenvalue weighted by molar-refractivity contribution is -0.134. The summed E-state index contributed by atoms with van der Waals surface area (Å²) in [5, 5.41) is 2.88. The molecule has 0 aromatic heterocycles. The molecule has 0 aliphatic rings. The van der Waals surface area contributed by atoms with Gasteiger partial charge in [0.1, 0.15) is 6.42 Å². The number of anilines is 2. The standard InChI is InChI=1S/C23H31N3O2/c1-5-25(6-2)20-13-14-21(18(4)15-20)24-22(27)16-23(28)26(7-3)17-19-11-9-8-10-12-19/h8-15H,5-7,16-17H2,1-4H3,(H,24,27). The molecular formula is C23H31N3O2. The van der Waals surface area contributed by atoms with E-state index in [1.54, 1.807) is 4.90 Å². The van der Waals surface area contributed by atoms with Crippen molar-refractivity contribution in [2.24, 2.45) is 0 Å². The zero-order chi connectivity index (χ0) is 20.5. The molecule has 0 saturated heterocycles. The third-order valence-electron chi connectivity index (χ3n) is 4.88. The van der Waals surface area contributed by atoms with Crippen molar-refractivity contribution < 1.29 is 9.59 Å². The quantitative estimate of drug-likeness (QED) is 0.662. The molecule has 150 valence electrons. The summed E-state index contributed by atoms with van der Waals surface area (Å²) in [5.41, 5.74) is 3.93. The molecule has 2 amide bonds. The van der Waals surface area contributed by atoms with E-state index in [-0.39, 0.29) is 18.2 Å². The van der Waals surface area contributed by atoms with Crippen molar-refractivity contribution in [1.82, 2.24) is 4.90 Å². The van der Waals surface area contributed by atoms with Gasteiger partial charge in [-0.05, 0) is 57.0 Å². The minimum Gasteiger partial charge on any atom is -0.372 e. The second-order valence-electron chi connectivity index (χ2n) is 6.79. The molecule has 0 aliphatic carbocycles. The van der Waals surface area contributed by atoms with Gasteiger partial charge in [0.15, 0.2) is 0 Å². The maximum absolute atomic E-state index is 12.5.